The molecule has 5 heteroatoms. The number of hydrogen-bond acceptors (Lipinski definition) is 5. The Morgan fingerprint density at radius 2 is 1.69 bits per heavy atom. The maximum absolute atomic E-state index is 11.8. The Hall–Kier alpha value is -0.200. The first-order valence-electron chi connectivity index (χ1n) is 13.5. The normalized spacial score (nSPS) is 64.0. The maximum Gasteiger partial charge on any atom is 0.195 e. The Morgan fingerprint density at radius 1 is 0.906 bits per heavy atom. The van der Waals surface area contributed by atoms with Crippen LogP contribution in [0.5, 0.6) is 0 Å². The summed E-state index contributed by atoms with van der Waals surface area (Å²) in [5, 5.41) is 33.7. The van der Waals surface area contributed by atoms with Crippen molar-refractivity contribution in [1.29, 1.82) is 0 Å². The van der Waals surface area contributed by atoms with Crippen LogP contribution in [0.1, 0.15) is 79.1 Å². The highest BCUT2D eigenvalue weighted by Gasteiger charge is 2.72. The summed E-state index contributed by atoms with van der Waals surface area (Å²) in [5.41, 5.74) is 0.0283. The molecular weight excluding hydrogens is 404 g/mol. The van der Waals surface area contributed by atoms with Gasteiger partial charge in [-0.1, -0.05) is 27.7 Å². The molecule has 2 aliphatic heterocycles. The summed E-state index contributed by atoms with van der Waals surface area (Å²) in [6, 6.07) is 0. The Morgan fingerprint density at radius 3 is 2.41 bits per heavy atom. The summed E-state index contributed by atoms with van der Waals surface area (Å²) in [6.07, 6.45) is 7.29. The van der Waals surface area contributed by atoms with Gasteiger partial charge in [-0.15, -0.1) is 0 Å². The highest BCUT2D eigenvalue weighted by Crippen LogP contribution is 2.71. The van der Waals surface area contributed by atoms with Gasteiger partial charge >= 0.3 is 0 Å². The van der Waals surface area contributed by atoms with Crippen LogP contribution < -0.4 is 0 Å². The van der Waals surface area contributed by atoms with Crippen LogP contribution in [-0.4, -0.2) is 52.1 Å². The summed E-state index contributed by atoms with van der Waals surface area (Å²) in [4.78, 5) is 0. The van der Waals surface area contributed by atoms with Crippen LogP contribution in [0.4, 0.5) is 0 Å². The molecule has 32 heavy (non-hydrogen) atoms. The van der Waals surface area contributed by atoms with Crippen molar-refractivity contribution in [3.05, 3.63) is 0 Å². The Bertz CT molecular complexity index is 758. The zero-order valence-electron chi connectivity index (χ0n) is 20.4. The topological polar surface area (TPSA) is 79.2 Å². The molecule has 0 amide bonds. The first-order valence-corrected chi connectivity index (χ1v) is 13.5. The van der Waals surface area contributed by atoms with Crippen molar-refractivity contribution in [1.82, 2.24) is 0 Å². The molecule has 0 aromatic rings. The van der Waals surface area contributed by atoms with Crippen molar-refractivity contribution in [2.75, 3.05) is 6.61 Å². The van der Waals surface area contributed by atoms with Gasteiger partial charge in [0.15, 0.2) is 5.79 Å². The fraction of sp³-hybridized carbons (Fsp3) is 1.00. The lowest BCUT2D eigenvalue weighted by atomic mass is 9.43. The second-order valence-corrected chi connectivity index (χ2v) is 13.3. The fourth-order valence-corrected chi connectivity index (χ4v) is 10.3. The first-order chi connectivity index (χ1) is 15.1. The van der Waals surface area contributed by atoms with E-state index in [9.17, 15) is 15.3 Å². The molecule has 3 N–H and O–H groups in total. The van der Waals surface area contributed by atoms with E-state index in [-0.39, 0.29) is 47.1 Å². The van der Waals surface area contributed by atoms with E-state index in [1.165, 1.54) is 12.8 Å². The van der Waals surface area contributed by atoms with E-state index in [2.05, 4.69) is 27.7 Å². The van der Waals surface area contributed by atoms with Crippen LogP contribution in [0, 0.1) is 52.3 Å². The van der Waals surface area contributed by atoms with E-state index in [0.717, 1.165) is 38.5 Å². The third-order valence-corrected chi connectivity index (χ3v) is 12.0. The molecule has 5 nitrogen and oxygen atoms in total. The van der Waals surface area contributed by atoms with E-state index < -0.39 is 5.79 Å². The molecular formula is C27H44O5. The van der Waals surface area contributed by atoms with Crippen LogP contribution in [0.2, 0.25) is 0 Å². The molecule has 0 radical (unpaired) electrons. The zero-order chi connectivity index (χ0) is 22.6. The Kier molecular flexibility index (Phi) is 4.99. The molecule has 0 aromatic heterocycles. The highest BCUT2D eigenvalue weighted by molar-refractivity contribution is 5.18. The molecule has 2 saturated heterocycles. The standard InChI is InChI=1S/C27H44O5/c1-14-9-23(31-13-14)27(30)15(2)24-21(32-27)11-20-18-6-5-16-10-17(28)7-8-25(16,3)19(18)12-22(29)26(20,24)4/h14-24,28-30H,5-13H2,1-4H3/t14-,15+,16+,17+,18-,19+,20+,21+,22-,23-,24+,25+,26-,27+/m1/s1. The predicted octanol–water partition coefficient (Wildman–Crippen LogP) is 3.74. The first kappa shape index (κ1) is 22.3. The third kappa shape index (κ3) is 2.75. The van der Waals surface area contributed by atoms with E-state index in [1.807, 2.05) is 0 Å². The monoisotopic (exact) mass is 448 g/mol. The van der Waals surface area contributed by atoms with Crippen molar-refractivity contribution < 1.29 is 24.8 Å². The number of hydrogen-bond donors (Lipinski definition) is 3. The fourth-order valence-electron chi connectivity index (χ4n) is 10.3. The van der Waals surface area contributed by atoms with E-state index in [1.54, 1.807) is 0 Å². The van der Waals surface area contributed by atoms with Gasteiger partial charge in [0, 0.05) is 23.9 Å². The largest absolute Gasteiger partial charge is 0.393 e. The van der Waals surface area contributed by atoms with Gasteiger partial charge in [-0.3, -0.25) is 0 Å². The van der Waals surface area contributed by atoms with Crippen LogP contribution in [0.15, 0.2) is 0 Å². The second-order valence-electron chi connectivity index (χ2n) is 13.3. The quantitative estimate of drug-likeness (QED) is 0.570. The maximum atomic E-state index is 11.8. The molecule has 6 fully saturated rings. The molecule has 6 aliphatic rings. The molecule has 4 aliphatic carbocycles. The summed E-state index contributed by atoms with van der Waals surface area (Å²) in [7, 11) is 0. The van der Waals surface area contributed by atoms with Gasteiger partial charge in [0.25, 0.3) is 0 Å². The lowest BCUT2D eigenvalue weighted by molar-refractivity contribution is -0.269. The van der Waals surface area contributed by atoms with Gasteiger partial charge in [0.1, 0.15) is 6.10 Å². The average Bonchev–Trinajstić information content (AvgIpc) is 3.38. The molecule has 0 aromatic carbocycles. The third-order valence-electron chi connectivity index (χ3n) is 12.0. The van der Waals surface area contributed by atoms with Crippen molar-refractivity contribution in [2.45, 2.75) is 109 Å². The van der Waals surface area contributed by atoms with Gasteiger partial charge in [0.05, 0.1) is 18.3 Å². The molecule has 4 saturated carbocycles. The average molecular weight is 449 g/mol. The molecule has 14 atom stereocenters. The van der Waals surface area contributed by atoms with Gasteiger partial charge in [-0.05, 0) is 86.4 Å². The molecule has 0 spiro atoms. The van der Waals surface area contributed by atoms with Crippen molar-refractivity contribution in [3.8, 4) is 0 Å². The lowest BCUT2D eigenvalue weighted by Crippen LogP contribution is -2.59. The molecule has 0 unspecified atom stereocenters. The Balaban J connectivity index is 1.29. The second kappa shape index (κ2) is 7.16. The minimum atomic E-state index is -1.23. The summed E-state index contributed by atoms with van der Waals surface area (Å²) >= 11 is 0. The minimum Gasteiger partial charge on any atom is -0.393 e. The van der Waals surface area contributed by atoms with E-state index in [0.29, 0.717) is 36.2 Å². The molecule has 0 bridgehead atoms. The van der Waals surface area contributed by atoms with Gasteiger partial charge < -0.3 is 24.8 Å². The summed E-state index contributed by atoms with van der Waals surface area (Å²) in [5.74, 6) is 1.55. The van der Waals surface area contributed by atoms with Crippen LogP contribution in [-0.2, 0) is 9.47 Å². The van der Waals surface area contributed by atoms with Gasteiger partial charge in [-0.2, -0.15) is 0 Å². The Labute approximate surface area is 193 Å². The SMILES string of the molecule is C[C@H]1CO[C@@H]([C@@]2(O)O[C@H]3C[C@H]4[C@@H]5CC[C@H]6C[C@@H](O)CC[C@]6(C)[C@H]5C[C@@H](O)[C@]4(C)[C@H]3[C@@H]2C)C1. The predicted molar refractivity (Wildman–Crippen MR) is 121 cm³/mol. The van der Waals surface area contributed by atoms with Crippen molar-refractivity contribution in [3.63, 3.8) is 0 Å². The van der Waals surface area contributed by atoms with Gasteiger partial charge in [-0.25, -0.2) is 0 Å². The highest BCUT2D eigenvalue weighted by atomic mass is 16.7. The summed E-state index contributed by atoms with van der Waals surface area (Å²) in [6.45, 7) is 9.78. The van der Waals surface area contributed by atoms with E-state index in [4.69, 9.17) is 9.47 Å². The van der Waals surface area contributed by atoms with Crippen LogP contribution in [0.3, 0.4) is 0 Å². The van der Waals surface area contributed by atoms with Crippen molar-refractivity contribution >= 4 is 0 Å². The smallest absolute Gasteiger partial charge is 0.195 e. The molecule has 2 heterocycles. The number of aliphatic hydroxyl groups excluding tert-OH is 2. The zero-order valence-corrected chi connectivity index (χ0v) is 20.4. The number of fused-ring (bicyclic) bond motifs is 7. The lowest BCUT2D eigenvalue weighted by Gasteiger charge is -2.62. The molecule has 6 rings (SSSR count). The van der Waals surface area contributed by atoms with Gasteiger partial charge in [0.2, 0.25) is 0 Å². The summed E-state index contributed by atoms with van der Waals surface area (Å²) < 4.78 is 12.5. The van der Waals surface area contributed by atoms with Crippen molar-refractivity contribution in [2.24, 2.45) is 52.3 Å². The van der Waals surface area contributed by atoms with Crippen LogP contribution >= 0.6 is 0 Å². The molecule has 182 valence electrons. The number of rotatable bonds is 1. The minimum absolute atomic E-state index is 0.0108. The number of aliphatic hydroxyl groups is 3. The van der Waals surface area contributed by atoms with Crippen LogP contribution in [0.25, 0.3) is 0 Å². The van der Waals surface area contributed by atoms with E-state index >= 15 is 0 Å². The number of ether oxygens (including phenoxy) is 2.